The molecule has 2 fully saturated rings. The summed E-state index contributed by atoms with van der Waals surface area (Å²) in [5.74, 6) is 1.98. The molecule has 0 N–H and O–H groups in total. The van der Waals surface area contributed by atoms with E-state index in [2.05, 4.69) is 14.9 Å². The minimum Gasteiger partial charge on any atom is -0.480 e. The Balaban J connectivity index is 1.86. The van der Waals surface area contributed by atoms with Crippen LogP contribution in [-0.4, -0.2) is 41.6 Å². The standard InChI is InChI=1S/C11H15N3O/c1-15-11-5-12-4-10(13-11)9-7-14-3-2-8(9)6-14/h4-5,8-9H,2-3,6-7H2,1H3/t8-,9+/m1/s1. The molecule has 4 heteroatoms. The van der Waals surface area contributed by atoms with Gasteiger partial charge in [-0.25, -0.2) is 4.98 Å². The summed E-state index contributed by atoms with van der Waals surface area (Å²) in [6.07, 6.45) is 4.86. The Morgan fingerprint density at radius 2 is 2.33 bits per heavy atom. The lowest BCUT2D eigenvalue weighted by molar-refractivity contribution is 0.339. The molecule has 0 aliphatic carbocycles. The third-order valence-corrected chi connectivity index (χ3v) is 3.55. The minimum atomic E-state index is 0.571. The molecule has 2 bridgehead atoms. The van der Waals surface area contributed by atoms with Crippen molar-refractivity contribution in [3.05, 3.63) is 18.1 Å². The van der Waals surface area contributed by atoms with Crippen molar-refractivity contribution in [1.82, 2.24) is 14.9 Å². The van der Waals surface area contributed by atoms with E-state index in [1.807, 2.05) is 6.20 Å². The van der Waals surface area contributed by atoms with E-state index in [4.69, 9.17) is 4.74 Å². The van der Waals surface area contributed by atoms with Gasteiger partial charge in [-0.15, -0.1) is 0 Å². The number of fused-ring (bicyclic) bond motifs is 2. The number of aromatic nitrogens is 2. The van der Waals surface area contributed by atoms with Gasteiger partial charge in [0.2, 0.25) is 5.88 Å². The zero-order valence-corrected chi connectivity index (χ0v) is 8.89. The first kappa shape index (κ1) is 9.09. The second-order valence-corrected chi connectivity index (χ2v) is 4.40. The quantitative estimate of drug-likeness (QED) is 0.719. The van der Waals surface area contributed by atoms with Gasteiger partial charge in [-0.1, -0.05) is 0 Å². The zero-order chi connectivity index (χ0) is 10.3. The van der Waals surface area contributed by atoms with E-state index >= 15 is 0 Å². The maximum atomic E-state index is 5.11. The molecule has 2 aliphatic rings. The first-order chi connectivity index (χ1) is 7.36. The fourth-order valence-corrected chi connectivity index (χ4v) is 2.76. The smallest absolute Gasteiger partial charge is 0.232 e. The average molecular weight is 205 g/mol. The summed E-state index contributed by atoms with van der Waals surface area (Å²) in [5.41, 5.74) is 1.10. The van der Waals surface area contributed by atoms with Gasteiger partial charge >= 0.3 is 0 Å². The highest BCUT2D eigenvalue weighted by molar-refractivity contribution is 5.16. The molecule has 80 valence electrons. The Kier molecular flexibility index (Phi) is 2.09. The Morgan fingerprint density at radius 1 is 1.40 bits per heavy atom. The maximum Gasteiger partial charge on any atom is 0.232 e. The summed E-state index contributed by atoms with van der Waals surface area (Å²) in [4.78, 5) is 11.2. The molecule has 0 aromatic carbocycles. The highest BCUT2D eigenvalue weighted by atomic mass is 16.5. The van der Waals surface area contributed by atoms with Gasteiger partial charge in [0.25, 0.3) is 0 Å². The van der Waals surface area contributed by atoms with E-state index in [0.29, 0.717) is 11.8 Å². The number of rotatable bonds is 2. The fraction of sp³-hybridized carbons (Fsp3) is 0.636. The summed E-state index contributed by atoms with van der Waals surface area (Å²) >= 11 is 0. The van der Waals surface area contributed by atoms with Crippen molar-refractivity contribution in [1.29, 1.82) is 0 Å². The summed E-state index contributed by atoms with van der Waals surface area (Å²) in [7, 11) is 1.64. The van der Waals surface area contributed by atoms with Crippen LogP contribution >= 0.6 is 0 Å². The van der Waals surface area contributed by atoms with Crippen molar-refractivity contribution >= 4 is 0 Å². The predicted molar refractivity (Wildman–Crippen MR) is 55.9 cm³/mol. The zero-order valence-electron chi connectivity index (χ0n) is 8.89. The Bertz CT molecular complexity index is 369. The van der Waals surface area contributed by atoms with Crippen LogP contribution in [0, 0.1) is 5.92 Å². The van der Waals surface area contributed by atoms with Crippen LogP contribution in [0.25, 0.3) is 0 Å². The topological polar surface area (TPSA) is 38.2 Å². The molecular weight excluding hydrogens is 190 g/mol. The number of piperidine rings is 1. The van der Waals surface area contributed by atoms with Crippen LogP contribution in [0.3, 0.4) is 0 Å². The van der Waals surface area contributed by atoms with Crippen molar-refractivity contribution in [2.75, 3.05) is 26.7 Å². The van der Waals surface area contributed by atoms with E-state index in [-0.39, 0.29) is 0 Å². The number of nitrogens with zero attached hydrogens (tertiary/aromatic N) is 3. The first-order valence-electron chi connectivity index (χ1n) is 5.45. The molecule has 1 unspecified atom stereocenters. The summed E-state index contributed by atoms with van der Waals surface area (Å²) in [6, 6.07) is 0. The lowest BCUT2D eigenvalue weighted by Crippen LogP contribution is -2.22. The lowest BCUT2D eigenvalue weighted by Gasteiger charge is -2.21. The third-order valence-electron chi connectivity index (χ3n) is 3.55. The van der Waals surface area contributed by atoms with E-state index in [9.17, 15) is 0 Å². The van der Waals surface area contributed by atoms with Crippen molar-refractivity contribution in [2.24, 2.45) is 5.92 Å². The Hall–Kier alpha value is -1.16. The summed E-state index contributed by atoms with van der Waals surface area (Å²) in [6.45, 7) is 3.65. The largest absolute Gasteiger partial charge is 0.480 e. The molecule has 15 heavy (non-hydrogen) atoms. The molecule has 3 rings (SSSR count). The predicted octanol–water partition coefficient (Wildman–Crippen LogP) is 0.904. The minimum absolute atomic E-state index is 0.571. The molecule has 0 amide bonds. The summed E-state index contributed by atoms with van der Waals surface area (Å²) in [5, 5.41) is 0. The number of hydrogen-bond donors (Lipinski definition) is 0. The molecule has 2 aliphatic heterocycles. The molecule has 1 aromatic rings. The molecule has 1 aromatic heterocycles. The maximum absolute atomic E-state index is 5.11. The highest BCUT2D eigenvalue weighted by Gasteiger charge is 2.39. The second kappa shape index (κ2) is 3.45. The van der Waals surface area contributed by atoms with Gasteiger partial charge in [0.1, 0.15) is 0 Å². The van der Waals surface area contributed by atoms with Crippen molar-refractivity contribution in [3.8, 4) is 5.88 Å². The second-order valence-electron chi connectivity index (χ2n) is 4.40. The summed E-state index contributed by atoms with van der Waals surface area (Å²) < 4.78 is 5.11. The molecule has 0 saturated carbocycles. The van der Waals surface area contributed by atoms with Crippen LogP contribution in [0.15, 0.2) is 12.4 Å². The van der Waals surface area contributed by atoms with Crippen LogP contribution in [0.2, 0.25) is 0 Å². The van der Waals surface area contributed by atoms with Crippen LogP contribution < -0.4 is 4.74 Å². The molecule has 3 heterocycles. The van der Waals surface area contributed by atoms with E-state index < -0.39 is 0 Å². The third kappa shape index (κ3) is 1.49. The van der Waals surface area contributed by atoms with E-state index in [0.717, 1.165) is 18.2 Å². The number of methoxy groups -OCH3 is 1. The number of hydrogen-bond acceptors (Lipinski definition) is 4. The molecule has 4 nitrogen and oxygen atoms in total. The van der Waals surface area contributed by atoms with Crippen LogP contribution in [0.1, 0.15) is 18.0 Å². The molecule has 0 spiro atoms. The molecule has 3 atom stereocenters. The van der Waals surface area contributed by atoms with Gasteiger partial charge in [-0.2, -0.15) is 0 Å². The van der Waals surface area contributed by atoms with Crippen LogP contribution in [0.5, 0.6) is 5.88 Å². The van der Waals surface area contributed by atoms with Crippen molar-refractivity contribution in [3.63, 3.8) is 0 Å². The van der Waals surface area contributed by atoms with Gasteiger partial charge in [0, 0.05) is 25.2 Å². The van der Waals surface area contributed by atoms with Crippen molar-refractivity contribution < 1.29 is 4.74 Å². The van der Waals surface area contributed by atoms with Gasteiger partial charge in [0.15, 0.2) is 0 Å². The lowest BCUT2D eigenvalue weighted by atomic mass is 9.90. The number of ether oxygens (including phenoxy) is 1. The highest BCUT2D eigenvalue weighted by Crippen LogP contribution is 2.38. The molecular formula is C11H15N3O. The Labute approximate surface area is 89.3 Å². The molecule has 2 saturated heterocycles. The normalized spacial score (nSPS) is 33.3. The van der Waals surface area contributed by atoms with Gasteiger partial charge in [-0.3, -0.25) is 4.98 Å². The average Bonchev–Trinajstić information content (AvgIpc) is 2.91. The van der Waals surface area contributed by atoms with Crippen LogP contribution in [-0.2, 0) is 0 Å². The van der Waals surface area contributed by atoms with Crippen molar-refractivity contribution in [2.45, 2.75) is 12.3 Å². The van der Waals surface area contributed by atoms with Crippen LogP contribution in [0.4, 0.5) is 0 Å². The monoisotopic (exact) mass is 205 g/mol. The van der Waals surface area contributed by atoms with E-state index in [1.54, 1.807) is 13.3 Å². The SMILES string of the molecule is COc1cncc([C@H]2CN3CC[C@@H]2C3)n1. The van der Waals surface area contributed by atoms with Gasteiger partial charge < -0.3 is 9.64 Å². The van der Waals surface area contributed by atoms with E-state index in [1.165, 1.54) is 19.5 Å². The fourth-order valence-electron chi connectivity index (χ4n) is 2.76. The van der Waals surface area contributed by atoms with Gasteiger partial charge in [0.05, 0.1) is 19.0 Å². The first-order valence-corrected chi connectivity index (χ1v) is 5.45. The Morgan fingerprint density at radius 3 is 3.00 bits per heavy atom. The molecule has 0 radical (unpaired) electrons. The van der Waals surface area contributed by atoms with Gasteiger partial charge in [-0.05, 0) is 18.9 Å².